The van der Waals surface area contributed by atoms with Crippen molar-refractivity contribution in [3.63, 3.8) is 0 Å². The van der Waals surface area contributed by atoms with E-state index in [-0.39, 0.29) is 16.3 Å². The van der Waals surface area contributed by atoms with Gasteiger partial charge in [0.15, 0.2) is 14.9 Å². The van der Waals surface area contributed by atoms with Crippen LogP contribution in [0.3, 0.4) is 0 Å². The van der Waals surface area contributed by atoms with Crippen LogP contribution in [0.5, 0.6) is 5.75 Å². The highest BCUT2D eigenvalue weighted by molar-refractivity contribution is 7.90. The van der Waals surface area contributed by atoms with Gasteiger partial charge in [0.25, 0.3) is 5.91 Å². The molecule has 3 aromatic rings. The molecule has 1 aliphatic heterocycles. The number of rotatable bonds is 9. The number of carbonyl (C=O) groups is 1. The molecule has 0 atom stereocenters. The van der Waals surface area contributed by atoms with Gasteiger partial charge in [0.05, 0.1) is 12.8 Å². The van der Waals surface area contributed by atoms with Crippen LogP contribution < -0.4 is 9.64 Å². The van der Waals surface area contributed by atoms with Crippen molar-refractivity contribution in [1.82, 2.24) is 14.7 Å². The first-order valence-electron chi connectivity index (χ1n) is 13.3. The molecule has 1 amide bonds. The number of aromatic nitrogens is 2. The molecule has 1 aliphatic carbocycles. The zero-order valence-electron chi connectivity index (χ0n) is 22.6. The average molecular weight is 537 g/mol. The lowest BCUT2D eigenvalue weighted by Crippen LogP contribution is -2.45. The molecule has 5 rings (SSSR count). The minimum atomic E-state index is -3.61. The molecule has 0 radical (unpaired) electrons. The first-order valence-corrected chi connectivity index (χ1v) is 15.2. The molecular formula is C29H36N4O4S. The summed E-state index contributed by atoms with van der Waals surface area (Å²) in [6, 6.07) is 15.5. The van der Waals surface area contributed by atoms with Crippen LogP contribution in [0.4, 0.5) is 5.69 Å². The van der Waals surface area contributed by atoms with Crippen LogP contribution in [0, 0.1) is 0 Å². The Morgan fingerprint density at radius 1 is 1.00 bits per heavy atom. The van der Waals surface area contributed by atoms with Crippen LogP contribution in [0.15, 0.2) is 53.6 Å². The molecule has 202 valence electrons. The molecule has 0 bridgehead atoms. The van der Waals surface area contributed by atoms with Crippen molar-refractivity contribution in [3.05, 3.63) is 65.4 Å². The highest BCUT2D eigenvalue weighted by atomic mass is 32.2. The highest BCUT2D eigenvalue weighted by Crippen LogP contribution is 2.45. The molecular weight excluding hydrogens is 500 g/mol. The van der Waals surface area contributed by atoms with Gasteiger partial charge in [-0.2, -0.15) is 5.10 Å². The highest BCUT2D eigenvalue weighted by Gasteiger charge is 2.40. The van der Waals surface area contributed by atoms with Crippen LogP contribution in [-0.2, 0) is 21.7 Å². The Balaban J connectivity index is 1.49. The van der Waals surface area contributed by atoms with E-state index in [9.17, 15) is 13.2 Å². The first-order chi connectivity index (χ1) is 18.2. The minimum Gasteiger partial charge on any atom is -0.497 e. The van der Waals surface area contributed by atoms with Crippen molar-refractivity contribution in [2.24, 2.45) is 0 Å². The molecule has 0 unspecified atom stereocenters. The molecule has 38 heavy (non-hydrogen) atoms. The number of likely N-dealkylation sites (N-methyl/N-ethyl adjacent to an activating group) is 1. The van der Waals surface area contributed by atoms with Gasteiger partial charge in [-0.15, -0.1) is 0 Å². The second-order valence-corrected chi connectivity index (χ2v) is 12.3. The van der Waals surface area contributed by atoms with Crippen molar-refractivity contribution < 1.29 is 17.9 Å². The number of fused-ring (bicyclic) bond motifs is 1. The van der Waals surface area contributed by atoms with Gasteiger partial charge in [-0.1, -0.05) is 32.4 Å². The van der Waals surface area contributed by atoms with Crippen molar-refractivity contribution in [2.75, 3.05) is 44.4 Å². The lowest BCUT2D eigenvalue weighted by molar-refractivity contribution is 0.0973. The normalized spacial score (nSPS) is 16.9. The van der Waals surface area contributed by atoms with Gasteiger partial charge in [-0.25, -0.2) is 13.1 Å². The molecule has 2 aliphatic rings. The lowest BCUT2D eigenvalue weighted by Gasteiger charge is -2.45. The molecule has 1 saturated carbocycles. The smallest absolute Gasteiger partial charge is 0.277 e. The third-order valence-electron chi connectivity index (χ3n) is 8.17. The van der Waals surface area contributed by atoms with E-state index in [4.69, 9.17) is 4.74 Å². The topological polar surface area (TPSA) is 84.7 Å². The zero-order chi connectivity index (χ0) is 27.1. The lowest BCUT2D eigenvalue weighted by atomic mass is 9.64. The van der Waals surface area contributed by atoms with Crippen LogP contribution in [0.1, 0.15) is 54.7 Å². The Labute approximate surface area is 225 Å². The predicted molar refractivity (Wildman–Crippen MR) is 148 cm³/mol. The van der Waals surface area contributed by atoms with Gasteiger partial charge in [-0.3, -0.25) is 4.79 Å². The maximum Gasteiger partial charge on any atom is 0.277 e. The van der Waals surface area contributed by atoms with Crippen LogP contribution in [0.25, 0.3) is 5.69 Å². The van der Waals surface area contributed by atoms with Gasteiger partial charge in [0, 0.05) is 36.0 Å². The monoisotopic (exact) mass is 536 g/mol. The van der Waals surface area contributed by atoms with E-state index in [0.29, 0.717) is 35.7 Å². The van der Waals surface area contributed by atoms with E-state index < -0.39 is 9.84 Å². The van der Waals surface area contributed by atoms with E-state index in [2.05, 4.69) is 36.0 Å². The van der Waals surface area contributed by atoms with Crippen LogP contribution in [0.2, 0.25) is 0 Å². The van der Waals surface area contributed by atoms with Gasteiger partial charge in [0.1, 0.15) is 11.4 Å². The summed E-state index contributed by atoms with van der Waals surface area (Å²) in [5, 5.41) is 4.38. The Morgan fingerprint density at radius 2 is 1.63 bits per heavy atom. The maximum absolute atomic E-state index is 13.9. The quantitative estimate of drug-likeness (QED) is 0.407. The van der Waals surface area contributed by atoms with E-state index in [0.717, 1.165) is 31.6 Å². The van der Waals surface area contributed by atoms with Gasteiger partial charge in [0.2, 0.25) is 0 Å². The fourth-order valence-corrected chi connectivity index (χ4v) is 6.67. The summed E-state index contributed by atoms with van der Waals surface area (Å²) < 4.78 is 31.8. The first kappa shape index (κ1) is 26.4. The van der Waals surface area contributed by atoms with Gasteiger partial charge < -0.3 is 14.5 Å². The molecule has 0 spiro atoms. The number of ether oxygens (including phenoxy) is 1. The standard InChI is InChI=1S/C29H36N4O4S/c1-5-31(6-2)20-29(17-7-18-29)21-8-10-22(11-9-21)32-19-16-25-26(28(32)34)33(30-27(25)38(4,35)36)23-12-14-24(37-3)15-13-23/h8-15H,5-7,16-20H2,1-4H3. The maximum atomic E-state index is 13.9. The van der Waals surface area contributed by atoms with Crippen molar-refractivity contribution >= 4 is 21.4 Å². The van der Waals surface area contributed by atoms with Crippen molar-refractivity contribution in [1.29, 1.82) is 0 Å². The van der Waals surface area contributed by atoms with Crippen molar-refractivity contribution in [2.45, 2.75) is 50.0 Å². The predicted octanol–water partition coefficient (Wildman–Crippen LogP) is 4.25. The molecule has 1 aromatic heterocycles. The molecule has 0 N–H and O–H groups in total. The third kappa shape index (κ3) is 4.62. The largest absolute Gasteiger partial charge is 0.497 e. The summed E-state index contributed by atoms with van der Waals surface area (Å²) in [7, 11) is -2.04. The number of benzene rings is 2. The summed E-state index contributed by atoms with van der Waals surface area (Å²) in [5.41, 5.74) is 3.70. The molecule has 9 heteroatoms. The second kappa shape index (κ2) is 10.2. The second-order valence-electron chi connectivity index (χ2n) is 10.4. The van der Waals surface area contributed by atoms with Crippen LogP contribution >= 0.6 is 0 Å². The molecule has 2 heterocycles. The van der Waals surface area contributed by atoms with Crippen LogP contribution in [-0.4, -0.2) is 68.5 Å². The number of methoxy groups -OCH3 is 1. The fraction of sp³-hybridized carbons (Fsp3) is 0.448. The summed E-state index contributed by atoms with van der Waals surface area (Å²) in [6.45, 7) is 7.95. The molecule has 1 fully saturated rings. The average Bonchev–Trinajstić information content (AvgIpc) is 3.30. The number of hydrogen-bond acceptors (Lipinski definition) is 6. The van der Waals surface area contributed by atoms with Gasteiger partial charge >= 0.3 is 0 Å². The Kier molecular flexibility index (Phi) is 7.09. The zero-order valence-corrected chi connectivity index (χ0v) is 23.4. The Bertz CT molecular complexity index is 1420. The third-order valence-corrected chi connectivity index (χ3v) is 9.20. The summed E-state index contributed by atoms with van der Waals surface area (Å²) in [6.07, 6.45) is 5.16. The summed E-state index contributed by atoms with van der Waals surface area (Å²) in [4.78, 5) is 18.1. The fourth-order valence-electron chi connectivity index (χ4n) is 5.79. The van der Waals surface area contributed by atoms with E-state index in [1.54, 1.807) is 36.3 Å². The van der Waals surface area contributed by atoms with Gasteiger partial charge in [-0.05, 0) is 74.3 Å². The molecule has 2 aromatic carbocycles. The Morgan fingerprint density at radius 3 is 2.16 bits per heavy atom. The number of nitrogens with zero attached hydrogens (tertiary/aromatic N) is 4. The van der Waals surface area contributed by atoms with E-state index >= 15 is 0 Å². The summed E-state index contributed by atoms with van der Waals surface area (Å²) in [5.74, 6) is 0.412. The molecule has 0 saturated heterocycles. The Hall–Kier alpha value is -3.17. The number of anilines is 1. The number of sulfone groups is 1. The van der Waals surface area contributed by atoms with E-state index in [1.807, 2.05) is 12.1 Å². The van der Waals surface area contributed by atoms with Crippen molar-refractivity contribution in [3.8, 4) is 11.4 Å². The molecule has 8 nitrogen and oxygen atoms in total. The summed E-state index contributed by atoms with van der Waals surface area (Å²) >= 11 is 0. The number of hydrogen-bond donors (Lipinski definition) is 0. The number of carbonyl (C=O) groups excluding carboxylic acids is 1. The number of amides is 1. The minimum absolute atomic E-state index is 0.0324. The SMILES string of the molecule is CCN(CC)CC1(c2ccc(N3CCc4c(S(C)(=O)=O)nn(-c5ccc(OC)cc5)c4C3=O)cc2)CCC1. The van der Waals surface area contributed by atoms with E-state index in [1.165, 1.54) is 29.5 Å².